The van der Waals surface area contributed by atoms with Crippen LogP contribution < -0.4 is 15.4 Å². The van der Waals surface area contributed by atoms with E-state index in [1.165, 1.54) is 54.3 Å². The zero-order valence-corrected chi connectivity index (χ0v) is 20.6. The fourth-order valence-electron chi connectivity index (χ4n) is 4.06. The van der Waals surface area contributed by atoms with Crippen LogP contribution in [0.15, 0.2) is 42.5 Å². The van der Waals surface area contributed by atoms with Gasteiger partial charge in [0.1, 0.15) is 23.4 Å². The van der Waals surface area contributed by atoms with Gasteiger partial charge in [0.15, 0.2) is 0 Å². The van der Waals surface area contributed by atoms with Crippen molar-refractivity contribution in [3.8, 4) is 11.5 Å². The van der Waals surface area contributed by atoms with Crippen molar-refractivity contribution in [1.29, 1.82) is 10.8 Å². The summed E-state index contributed by atoms with van der Waals surface area (Å²) in [5.74, 6) is -0.608. The summed E-state index contributed by atoms with van der Waals surface area (Å²) < 4.78 is 47.6. The van der Waals surface area contributed by atoms with Gasteiger partial charge in [0, 0.05) is 56.2 Å². The van der Waals surface area contributed by atoms with Gasteiger partial charge in [-0.05, 0) is 43.3 Å². The molecule has 0 saturated carbocycles. The number of halogens is 3. The van der Waals surface area contributed by atoms with Gasteiger partial charge < -0.3 is 25.4 Å². The van der Waals surface area contributed by atoms with Crippen LogP contribution in [0.5, 0.6) is 11.5 Å². The highest BCUT2D eigenvalue weighted by Gasteiger charge is 2.36. The Kier molecular flexibility index (Phi) is 8.46. The third-order valence-corrected chi connectivity index (χ3v) is 6.09. The van der Waals surface area contributed by atoms with Crippen LogP contribution in [0.4, 0.5) is 18.9 Å². The van der Waals surface area contributed by atoms with Crippen LogP contribution in [-0.2, 0) is 11.0 Å². The van der Waals surface area contributed by atoms with Crippen molar-refractivity contribution in [1.82, 2.24) is 4.90 Å². The molecule has 8 nitrogen and oxygen atoms in total. The molecule has 1 fully saturated rings. The SMILES string of the molecule is CC(=N)N1CCC(Oc2ccc(N(CC=Cc3cc(C(=N)N)ccc3O)C(C)=O)cc2C(F)(F)F)CC1. The molecule has 0 atom stereocenters. The average molecular weight is 518 g/mol. The lowest BCUT2D eigenvalue weighted by Crippen LogP contribution is -2.40. The first-order chi connectivity index (χ1) is 17.4. The topological polar surface area (TPSA) is 127 Å². The number of nitrogens with one attached hydrogen (secondary N) is 2. The molecule has 1 heterocycles. The maximum Gasteiger partial charge on any atom is 0.420 e. The third kappa shape index (κ3) is 7.02. The Hall–Kier alpha value is -4.02. The minimum atomic E-state index is -4.70. The van der Waals surface area contributed by atoms with E-state index in [2.05, 4.69) is 0 Å². The number of piperidine rings is 1. The molecule has 5 N–H and O–H groups in total. The molecule has 1 amide bonds. The second kappa shape index (κ2) is 11.4. The van der Waals surface area contributed by atoms with E-state index in [4.69, 9.17) is 21.3 Å². The molecule has 11 heteroatoms. The Morgan fingerprint density at radius 3 is 2.43 bits per heavy atom. The first-order valence-corrected chi connectivity index (χ1v) is 11.7. The predicted octanol–water partition coefficient (Wildman–Crippen LogP) is 4.60. The normalized spacial score (nSPS) is 14.6. The smallest absolute Gasteiger partial charge is 0.420 e. The minimum absolute atomic E-state index is 0.0489. The number of alkyl halides is 3. The lowest BCUT2D eigenvalue weighted by molar-refractivity contribution is -0.139. The molecule has 37 heavy (non-hydrogen) atoms. The van der Waals surface area contributed by atoms with Gasteiger partial charge in [-0.1, -0.05) is 12.2 Å². The summed E-state index contributed by atoms with van der Waals surface area (Å²) in [4.78, 5) is 15.3. The number of phenols is 1. The molecular formula is C26H30F3N5O3. The molecule has 3 rings (SSSR count). The Morgan fingerprint density at radius 2 is 1.86 bits per heavy atom. The van der Waals surface area contributed by atoms with Crippen molar-refractivity contribution in [3.05, 3.63) is 59.2 Å². The van der Waals surface area contributed by atoms with Crippen molar-refractivity contribution in [2.24, 2.45) is 5.73 Å². The zero-order chi connectivity index (χ0) is 27.3. The molecule has 0 spiro atoms. The van der Waals surface area contributed by atoms with Gasteiger partial charge in [-0.3, -0.25) is 15.6 Å². The maximum atomic E-state index is 13.9. The van der Waals surface area contributed by atoms with Crippen LogP contribution in [0.3, 0.4) is 0 Å². The van der Waals surface area contributed by atoms with Gasteiger partial charge >= 0.3 is 6.18 Å². The quantitative estimate of drug-likeness (QED) is 0.315. The number of amides is 1. The number of benzene rings is 2. The summed E-state index contributed by atoms with van der Waals surface area (Å²) in [5, 5.41) is 25.3. The van der Waals surface area contributed by atoms with Crippen LogP contribution in [0.2, 0.25) is 0 Å². The van der Waals surface area contributed by atoms with Crippen LogP contribution >= 0.6 is 0 Å². The van der Waals surface area contributed by atoms with Gasteiger partial charge in [0.05, 0.1) is 11.4 Å². The number of phenolic OH excluding ortho intramolecular Hbond substituents is 1. The van der Waals surface area contributed by atoms with E-state index in [1.54, 1.807) is 6.92 Å². The Balaban J connectivity index is 1.81. The summed E-state index contributed by atoms with van der Waals surface area (Å²) in [6, 6.07) is 7.89. The number of hydrogen-bond acceptors (Lipinski definition) is 5. The molecule has 198 valence electrons. The summed E-state index contributed by atoms with van der Waals surface area (Å²) >= 11 is 0. The second-order valence-corrected chi connectivity index (χ2v) is 8.79. The van der Waals surface area contributed by atoms with E-state index in [0.29, 0.717) is 42.9 Å². The molecule has 0 radical (unpaired) electrons. The molecule has 0 aliphatic carbocycles. The summed E-state index contributed by atoms with van der Waals surface area (Å²) in [5.41, 5.74) is 5.29. The summed E-state index contributed by atoms with van der Waals surface area (Å²) in [7, 11) is 0. The van der Waals surface area contributed by atoms with Gasteiger partial charge in [-0.15, -0.1) is 0 Å². The third-order valence-electron chi connectivity index (χ3n) is 6.09. The van der Waals surface area contributed by atoms with Crippen LogP contribution in [0.25, 0.3) is 6.08 Å². The number of nitrogens with zero attached hydrogens (tertiary/aromatic N) is 2. The maximum absolute atomic E-state index is 13.9. The molecule has 2 aromatic rings. The fraction of sp³-hybridized carbons (Fsp3) is 0.346. The molecule has 2 aromatic carbocycles. The van der Waals surface area contributed by atoms with E-state index in [-0.39, 0.29) is 29.6 Å². The molecule has 1 saturated heterocycles. The monoisotopic (exact) mass is 517 g/mol. The van der Waals surface area contributed by atoms with Gasteiger partial charge in [-0.2, -0.15) is 13.2 Å². The Bertz CT molecular complexity index is 1200. The van der Waals surface area contributed by atoms with Crippen molar-refractivity contribution >= 4 is 29.3 Å². The van der Waals surface area contributed by atoms with Crippen molar-refractivity contribution < 1.29 is 27.8 Å². The molecule has 0 unspecified atom stereocenters. The number of nitrogen functional groups attached to an aromatic ring is 1. The van der Waals surface area contributed by atoms with E-state index in [0.717, 1.165) is 6.07 Å². The van der Waals surface area contributed by atoms with Gasteiger partial charge in [0.25, 0.3) is 0 Å². The second-order valence-electron chi connectivity index (χ2n) is 8.79. The highest BCUT2D eigenvalue weighted by molar-refractivity contribution is 5.96. The molecule has 1 aliphatic rings. The van der Waals surface area contributed by atoms with Crippen LogP contribution in [0.1, 0.15) is 43.4 Å². The molecule has 1 aliphatic heterocycles. The number of aromatic hydroxyl groups is 1. The lowest BCUT2D eigenvalue weighted by Gasteiger charge is -2.33. The van der Waals surface area contributed by atoms with Gasteiger partial charge in [0.2, 0.25) is 5.91 Å². The first kappa shape index (κ1) is 27.6. The zero-order valence-electron chi connectivity index (χ0n) is 20.6. The number of anilines is 1. The van der Waals surface area contributed by atoms with Crippen LogP contribution in [0, 0.1) is 10.8 Å². The minimum Gasteiger partial charge on any atom is -0.507 e. The standard InChI is InChI=1S/C26H30F3N5O3/c1-16(30)33-12-9-21(10-13-33)37-24-8-6-20(15-22(24)26(27,28)29)34(17(2)35)11-3-4-18-14-19(25(31)32)5-7-23(18)36/h3-8,14-15,21,30,36H,9-13H2,1-2H3,(H3,31,32). The highest BCUT2D eigenvalue weighted by atomic mass is 19.4. The van der Waals surface area contributed by atoms with E-state index < -0.39 is 23.8 Å². The van der Waals surface area contributed by atoms with Crippen LogP contribution in [-0.4, -0.2) is 53.3 Å². The van der Waals surface area contributed by atoms with Crippen molar-refractivity contribution in [3.63, 3.8) is 0 Å². The van der Waals surface area contributed by atoms with E-state index >= 15 is 0 Å². The number of rotatable bonds is 7. The lowest BCUT2D eigenvalue weighted by atomic mass is 10.1. The number of likely N-dealkylation sites (tertiary alicyclic amines) is 1. The molecular weight excluding hydrogens is 487 g/mol. The number of amidine groups is 2. The van der Waals surface area contributed by atoms with E-state index in [9.17, 15) is 23.1 Å². The molecule has 0 bridgehead atoms. The largest absolute Gasteiger partial charge is 0.507 e. The number of hydrogen-bond donors (Lipinski definition) is 4. The van der Waals surface area contributed by atoms with E-state index in [1.807, 2.05) is 4.90 Å². The Labute approximate surface area is 213 Å². The first-order valence-electron chi connectivity index (χ1n) is 11.7. The molecule has 0 aromatic heterocycles. The summed E-state index contributed by atoms with van der Waals surface area (Å²) in [6.07, 6.45) is -1.09. The van der Waals surface area contributed by atoms with Crippen molar-refractivity contribution in [2.45, 2.75) is 39.0 Å². The number of ether oxygens (including phenoxy) is 1. The number of carbonyl (C=O) groups is 1. The number of nitrogens with two attached hydrogens (primary N) is 1. The average Bonchev–Trinajstić information content (AvgIpc) is 2.82. The predicted molar refractivity (Wildman–Crippen MR) is 136 cm³/mol. The fourth-order valence-corrected chi connectivity index (χ4v) is 4.06. The Morgan fingerprint density at radius 1 is 1.19 bits per heavy atom. The van der Waals surface area contributed by atoms with Gasteiger partial charge in [-0.25, -0.2) is 0 Å². The van der Waals surface area contributed by atoms with Crippen molar-refractivity contribution in [2.75, 3.05) is 24.5 Å². The summed E-state index contributed by atoms with van der Waals surface area (Å²) in [6.45, 7) is 3.93. The number of carbonyl (C=O) groups excluding carboxylic acids is 1. The highest BCUT2D eigenvalue weighted by Crippen LogP contribution is 2.39.